The standard InChI is InChI=1S/C6H5FN2O2.C4H5NO.C2H6.Na/c1-4-2-5(9(10)11)3-8-6(4)7;1-4(6)2-3-5;1-2;/h2-3H,1H3;2,6H,1H3;1-2H3;/q;;;+1/p-1/b;4-2-;;. The summed E-state index contributed by atoms with van der Waals surface area (Å²) >= 11 is 0. The van der Waals surface area contributed by atoms with E-state index in [4.69, 9.17) is 5.26 Å². The number of pyridine rings is 1. The van der Waals surface area contributed by atoms with Gasteiger partial charge in [-0.15, -0.1) is 5.76 Å². The van der Waals surface area contributed by atoms with Crippen LogP contribution in [0.2, 0.25) is 0 Å². The molecular formula is C12H15FN3NaO3. The van der Waals surface area contributed by atoms with E-state index in [2.05, 4.69) is 4.98 Å². The average molecular weight is 291 g/mol. The van der Waals surface area contributed by atoms with Crippen LogP contribution < -0.4 is 34.7 Å². The second-order valence-electron chi connectivity index (χ2n) is 2.94. The molecule has 0 fully saturated rings. The van der Waals surface area contributed by atoms with Gasteiger partial charge in [-0.3, -0.25) is 10.1 Å². The molecule has 1 rings (SSSR count). The summed E-state index contributed by atoms with van der Waals surface area (Å²) in [5, 5.41) is 27.6. The van der Waals surface area contributed by atoms with Gasteiger partial charge in [0, 0.05) is 17.7 Å². The summed E-state index contributed by atoms with van der Waals surface area (Å²) < 4.78 is 12.4. The molecule has 0 aliphatic carbocycles. The maximum Gasteiger partial charge on any atom is 1.00 e. The van der Waals surface area contributed by atoms with Crippen LogP contribution in [0.5, 0.6) is 0 Å². The predicted octanol–water partition coefficient (Wildman–Crippen LogP) is -0.758. The van der Waals surface area contributed by atoms with Crippen molar-refractivity contribution in [2.45, 2.75) is 27.7 Å². The number of hydrogen-bond acceptors (Lipinski definition) is 5. The van der Waals surface area contributed by atoms with Crippen molar-refractivity contribution in [3.63, 3.8) is 0 Å². The van der Waals surface area contributed by atoms with E-state index in [0.29, 0.717) is 0 Å². The van der Waals surface area contributed by atoms with Gasteiger partial charge in [-0.25, -0.2) is 4.98 Å². The molecule has 20 heavy (non-hydrogen) atoms. The monoisotopic (exact) mass is 291 g/mol. The molecule has 0 amide bonds. The van der Waals surface area contributed by atoms with Crippen LogP contribution in [0.15, 0.2) is 24.1 Å². The normalized spacial score (nSPS) is 8.70. The molecule has 1 heterocycles. The average Bonchev–Trinajstić information content (AvgIpc) is 2.35. The number of aryl methyl sites for hydroxylation is 1. The molecule has 0 N–H and O–H groups in total. The van der Waals surface area contributed by atoms with Crippen LogP contribution in [-0.4, -0.2) is 9.91 Å². The number of allylic oxidation sites excluding steroid dienone is 2. The van der Waals surface area contributed by atoms with Gasteiger partial charge in [0.1, 0.15) is 6.20 Å². The van der Waals surface area contributed by atoms with Crippen LogP contribution in [0.4, 0.5) is 10.1 Å². The molecule has 0 atom stereocenters. The van der Waals surface area contributed by atoms with Crippen molar-refractivity contribution >= 4 is 5.69 Å². The van der Waals surface area contributed by atoms with E-state index in [1.54, 1.807) is 6.07 Å². The second-order valence-corrected chi connectivity index (χ2v) is 2.94. The molecule has 0 bridgehead atoms. The Bertz CT molecular complexity index is 483. The third-order valence-corrected chi connectivity index (χ3v) is 1.48. The van der Waals surface area contributed by atoms with Gasteiger partial charge in [-0.1, -0.05) is 20.8 Å². The Morgan fingerprint density at radius 1 is 1.55 bits per heavy atom. The first-order chi connectivity index (χ1) is 8.88. The van der Waals surface area contributed by atoms with E-state index in [1.807, 2.05) is 13.8 Å². The van der Waals surface area contributed by atoms with Crippen LogP contribution in [0, 0.1) is 34.3 Å². The molecule has 0 radical (unpaired) electrons. The zero-order chi connectivity index (χ0) is 15.4. The number of halogens is 1. The first kappa shape index (κ1) is 23.6. The number of rotatable bonds is 1. The van der Waals surface area contributed by atoms with Crippen molar-refractivity contribution in [1.82, 2.24) is 4.98 Å². The molecule has 0 aliphatic heterocycles. The van der Waals surface area contributed by atoms with E-state index >= 15 is 0 Å². The minimum absolute atomic E-state index is 0. The van der Waals surface area contributed by atoms with Crippen molar-refractivity contribution in [3.05, 3.63) is 45.7 Å². The van der Waals surface area contributed by atoms with Gasteiger partial charge in [-0.2, -0.15) is 9.65 Å². The Morgan fingerprint density at radius 2 is 2.05 bits per heavy atom. The molecule has 0 saturated carbocycles. The molecule has 0 spiro atoms. The topological polar surface area (TPSA) is 103 Å². The van der Waals surface area contributed by atoms with Crippen molar-refractivity contribution in [2.24, 2.45) is 0 Å². The largest absolute Gasteiger partial charge is 1.00 e. The summed E-state index contributed by atoms with van der Waals surface area (Å²) in [4.78, 5) is 12.7. The van der Waals surface area contributed by atoms with Crippen LogP contribution in [0.1, 0.15) is 26.3 Å². The van der Waals surface area contributed by atoms with E-state index in [-0.39, 0.29) is 46.6 Å². The minimum Gasteiger partial charge on any atom is -0.875 e. The molecule has 0 aliphatic rings. The van der Waals surface area contributed by atoms with E-state index < -0.39 is 10.9 Å². The summed E-state index contributed by atoms with van der Waals surface area (Å²) in [5.41, 5.74) is -0.0110. The molecule has 6 nitrogen and oxygen atoms in total. The summed E-state index contributed by atoms with van der Waals surface area (Å²) in [6.45, 7) is 6.76. The molecule has 0 saturated heterocycles. The first-order valence-corrected chi connectivity index (χ1v) is 5.38. The number of nitrogens with zero attached hydrogens (tertiary/aromatic N) is 3. The zero-order valence-corrected chi connectivity index (χ0v) is 14.2. The van der Waals surface area contributed by atoms with Crippen molar-refractivity contribution < 1.29 is 44.0 Å². The Hall–Kier alpha value is -1.49. The smallest absolute Gasteiger partial charge is 0.875 e. The number of nitriles is 1. The van der Waals surface area contributed by atoms with Gasteiger partial charge < -0.3 is 5.11 Å². The number of hydrogen-bond donors (Lipinski definition) is 0. The minimum atomic E-state index is -0.671. The predicted molar refractivity (Wildman–Crippen MR) is 66.3 cm³/mol. The zero-order valence-electron chi connectivity index (χ0n) is 12.2. The number of aromatic nitrogens is 1. The van der Waals surface area contributed by atoms with Crippen molar-refractivity contribution in [1.29, 1.82) is 5.26 Å². The van der Waals surface area contributed by atoms with E-state index in [1.165, 1.54) is 13.8 Å². The van der Waals surface area contributed by atoms with Crippen molar-refractivity contribution in [2.75, 3.05) is 0 Å². The van der Waals surface area contributed by atoms with E-state index in [9.17, 15) is 19.6 Å². The molecule has 104 valence electrons. The SMILES string of the molecule is C/C([O-])=C/C#N.CC.Cc1cc([N+](=O)[O-])cnc1F.[Na+]. The van der Waals surface area contributed by atoms with Crippen LogP contribution in [0.25, 0.3) is 0 Å². The molecule has 0 unspecified atom stereocenters. The van der Waals surface area contributed by atoms with Crippen molar-refractivity contribution in [3.8, 4) is 6.07 Å². The van der Waals surface area contributed by atoms with Gasteiger partial charge in [0.25, 0.3) is 5.69 Å². The maximum atomic E-state index is 12.4. The summed E-state index contributed by atoms with van der Waals surface area (Å²) in [6, 6.07) is 2.73. The Labute approximate surface area is 139 Å². The second kappa shape index (κ2) is 13.9. The van der Waals surface area contributed by atoms with Crippen LogP contribution >= 0.6 is 0 Å². The Balaban J connectivity index is -0.000000278. The molecular weight excluding hydrogens is 276 g/mol. The summed E-state index contributed by atoms with van der Waals surface area (Å²) in [7, 11) is 0. The van der Waals surface area contributed by atoms with Crippen LogP contribution in [0.3, 0.4) is 0 Å². The summed E-state index contributed by atoms with van der Waals surface area (Å²) in [5.74, 6) is -0.867. The van der Waals surface area contributed by atoms with Gasteiger partial charge in [0.15, 0.2) is 0 Å². The van der Waals surface area contributed by atoms with Gasteiger partial charge >= 0.3 is 29.6 Å². The molecule has 0 aromatic carbocycles. The molecule has 8 heteroatoms. The molecule has 1 aromatic rings. The van der Waals surface area contributed by atoms with Gasteiger partial charge in [0.05, 0.1) is 11.0 Å². The number of nitro groups is 1. The fourth-order valence-electron chi connectivity index (χ4n) is 0.734. The molecule has 1 aromatic heterocycles. The van der Waals surface area contributed by atoms with Gasteiger partial charge in [0.2, 0.25) is 5.95 Å². The van der Waals surface area contributed by atoms with Gasteiger partial charge in [-0.05, 0) is 6.92 Å². The van der Waals surface area contributed by atoms with E-state index in [0.717, 1.165) is 18.3 Å². The fraction of sp³-hybridized carbons (Fsp3) is 0.333. The maximum absolute atomic E-state index is 12.4. The Morgan fingerprint density at radius 3 is 2.30 bits per heavy atom. The summed E-state index contributed by atoms with van der Waals surface area (Å²) in [6.07, 6.45) is 1.85. The third kappa shape index (κ3) is 11.6. The fourth-order valence-corrected chi connectivity index (χ4v) is 0.734. The quantitative estimate of drug-likeness (QED) is 0.169. The van der Waals surface area contributed by atoms with Crippen LogP contribution in [-0.2, 0) is 0 Å². The first-order valence-electron chi connectivity index (χ1n) is 5.38. The Kier molecular flexibility index (Phi) is 16.4. The third-order valence-electron chi connectivity index (χ3n) is 1.48.